The maximum atomic E-state index is 12.9. The van der Waals surface area contributed by atoms with Crippen LogP contribution in [0.2, 0.25) is 1.41 Å². The van der Waals surface area contributed by atoms with Crippen molar-refractivity contribution in [3.05, 3.63) is 72.1 Å². The highest BCUT2D eigenvalue weighted by atomic mass is 16.4. The predicted octanol–water partition coefficient (Wildman–Crippen LogP) is 3.90. The summed E-state index contributed by atoms with van der Waals surface area (Å²) < 4.78 is 7.50. The minimum Gasteiger partial charge on any atom is -0.481 e. The second-order valence-corrected chi connectivity index (χ2v) is 13.9. The minimum absolute atomic E-state index is 0.100. The van der Waals surface area contributed by atoms with E-state index in [1.54, 1.807) is 0 Å². The lowest BCUT2D eigenvalue weighted by molar-refractivity contribution is -0.140. The molecule has 0 saturated heterocycles. The van der Waals surface area contributed by atoms with Crippen molar-refractivity contribution >= 4 is 29.7 Å². The summed E-state index contributed by atoms with van der Waals surface area (Å²) in [6.45, 7) is 20.9. The van der Waals surface area contributed by atoms with Crippen LogP contribution in [-0.2, 0) is 25.6 Å². The number of ketones is 1. The van der Waals surface area contributed by atoms with E-state index < -0.39 is 42.4 Å². The number of carbonyl (C=O) groups excluding carboxylic acids is 2. The van der Waals surface area contributed by atoms with Gasteiger partial charge in [0, 0.05) is 55.8 Å². The molecule has 14 heteroatoms. The van der Waals surface area contributed by atoms with Gasteiger partial charge in [0.15, 0.2) is 5.78 Å². The van der Waals surface area contributed by atoms with Gasteiger partial charge in [0.05, 0.1) is 6.54 Å². The first-order valence-corrected chi connectivity index (χ1v) is 18.3. The van der Waals surface area contributed by atoms with Gasteiger partial charge >= 0.3 is 23.9 Å². The van der Waals surface area contributed by atoms with Gasteiger partial charge in [-0.1, -0.05) is 70.3 Å². The molecule has 1 aromatic carbocycles. The fourth-order valence-corrected chi connectivity index (χ4v) is 5.41. The SMILES string of the molecule is [2H]NCC(CNCC(=O)C(C)c1ccc(CC(C)C)cc1)C(=C)NCCC(=C)CCC(=C)NCCCCC(NC(=O)NC(CCC(=O)O)C(=O)O)C(=O)O. The van der Waals surface area contributed by atoms with Crippen LogP contribution in [0.1, 0.15) is 89.2 Å². The molecule has 0 aliphatic heterocycles. The zero-order chi connectivity index (χ0) is 40.6. The third-order valence-electron chi connectivity index (χ3n) is 8.80. The summed E-state index contributed by atoms with van der Waals surface area (Å²) in [4.78, 5) is 58.6. The average molecular weight is 744 g/mol. The lowest BCUT2D eigenvalue weighted by Gasteiger charge is -2.21. The van der Waals surface area contributed by atoms with Crippen molar-refractivity contribution in [3.8, 4) is 0 Å². The van der Waals surface area contributed by atoms with E-state index in [9.17, 15) is 34.2 Å². The lowest BCUT2D eigenvalue weighted by Crippen LogP contribution is -2.51. The number of carboxylic acid groups (broad SMARTS) is 3. The van der Waals surface area contributed by atoms with Crippen LogP contribution < -0.4 is 32.3 Å². The number of Topliss-reactive ketones (excluding diaryl/α,β-unsaturated/α-hetero) is 1. The summed E-state index contributed by atoms with van der Waals surface area (Å²) >= 11 is 0. The van der Waals surface area contributed by atoms with Gasteiger partial charge in [0.25, 0.3) is 0 Å². The van der Waals surface area contributed by atoms with E-state index >= 15 is 0 Å². The molecule has 0 bridgehead atoms. The summed E-state index contributed by atoms with van der Waals surface area (Å²) in [7, 11) is 0. The molecule has 1 aromatic rings. The van der Waals surface area contributed by atoms with Crippen LogP contribution in [0, 0.1) is 11.8 Å². The van der Waals surface area contributed by atoms with Crippen molar-refractivity contribution in [1.29, 1.82) is 0 Å². The van der Waals surface area contributed by atoms with Gasteiger partial charge < -0.3 is 47.6 Å². The number of unbranched alkanes of at least 4 members (excludes halogenated alkanes) is 1. The summed E-state index contributed by atoms with van der Waals surface area (Å²) in [5.41, 5.74) is 7.31. The summed E-state index contributed by atoms with van der Waals surface area (Å²) in [6.07, 6.45) is 3.44. The number of carboxylic acids is 3. The molecule has 0 spiro atoms. The van der Waals surface area contributed by atoms with E-state index in [1.165, 1.54) is 5.56 Å². The third-order valence-corrected chi connectivity index (χ3v) is 8.80. The molecule has 0 fully saturated rings. The number of carbonyl (C=O) groups is 5. The van der Waals surface area contributed by atoms with Crippen LogP contribution in [0.25, 0.3) is 0 Å². The number of hydrogen-bond acceptors (Lipinski definition) is 9. The Morgan fingerprint density at radius 1 is 0.811 bits per heavy atom. The maximum absolute atomic E-state index is 12.9. The van der Waals surface area contributed by atoms with E-state index in [4.69, 9.17) is 6.52 Å². The number of allylic oxidation sites excluding steroid dienone is 1. The largest absolute Gasteiger partial charge is 0.481 e. The van der Waals surface area contributed by atoms with Gasteiger partial charge in [-0.2, -0.15) is 0 Å². The monoisotopic (exact) mass is 743 g/mol. The van der Waals surface area contributed by atoms with E-state index in [0.29, 0.717) is 64.2 Å². The summed E-state index contributed by atoms with van der Waals surface area (Å²) in [5.74, 6) is -3.55. The smallest absolute Gasteiger partial charge is 0.326 e. The number of amides is 2. The molecule has 53 heavy (non-hydrogen) atoms. The number of urea groups is 1. The standard InChI is InChI=1S/C39H62N6O8/c1-25(2)21-30-12-14-31(15-13-30)28(5)35(46)24-41-23-32(22-40)29(6)43-20-18-26(3)10-11-27(4)42-19-8-7-9-33(37(49)50)44-39(53)45-34(38(51)52)16-17-36(47)48/h12-15,25,28,32-34,41-43H,3-4,6-11,16-24,40H2,1-2,5H3,(H,47,48)(H,49,50)(H,51,52)(H2,44,45,53)/i/hD. The van der Waals surface area contributed by atoms with Crippen LogP contribution in [-0.4, -0.2) is 89.8 Å². The van der Waals surface area contributed by atoms with Gasteiger partial charge in [-0.3, -0.25) is 9.59 Å². The minimum atomic E-state index is -1.46. The number of hydrogen-bond donors (Lipinski definition) is 9. The highest BCUT2D eigenvalue weighted by Crippen LogP contribution is 2.18. The molecule has 2 amide bonds. The van der Waals surface area contributed by atoms with Crippen LogP contribution in [0.4, 0.5) is 4.79 Å². The molecule has 4 unspecified atom stereocenters. The van der Waals surface area contributed by atoms with Gasteiger partial charge in [-0.05, 0) is 68.4 Å². The second kappa shape index (κ2) is 25.3. The Hall–Kier alpha value is -4.69. The Bertz CT molecular complexity index is 1400. The second-order valence-electron chi connectivity index (χ2n) is 13.9. The Morgan fingerprint density at radius 2 is 1.45 bits per heavy atom. The summed E-state index contributed by atoms with van der Waals surface area (Å²) in [5, 5.41) is 41.5. The van der Waals surface area contributed by atoms with Crippen molar-refractivity contribution < 1.29 is 40.7 Å². The van der Waals surface area contributed by atoms with Gasteiger partial charge in [-0.25, -0.2) is 14.4 Å². The topological polar surface area (TPSA) is 232 Å². The molecule has 0 radical (unpaired) electrons. The molecule has 14 nitrogen and oxygen atoms in total. The fraction of sp³-hybridized carbons (Fsp3) is 0.564. The Balaban J connectivity index is 2.33. The van der Waals surface area contributed by atoms with Crippen molar-refractivity contribution in [2.24, 2.45) is 17.6 Å². The molecule has 4 atom stereocenters. The number of nitrogens with two attached hydrogens (primary N) is 1. The zero-order valence-corrected chi connectivity index (χ0v) is 31.6. The molecule has 0 aliphatic rings. The van der Waals surface area contributed by atoms with E-state index in [-0.39, 0.29) is 37.0 Å². The molecular formula is C39H62N6O8. The van der Waals surface area contributed by atoms with Gasteiger partial charge in [0.1, 0.15) is 13.5 Å². The quantitative estimate of drug-likeness (QED) is 0.0390. The van der Waals surface area contributed by atoms with Crippen LogP contribution in [0.15, 0.2) is 61.0 Å². The summed E-state index contributed by atoms with van der Waals surface area (Å²) in [6, 6.07) is 4.56. The molecule has 1 rings (SSSR count). The van der Waals surface area contributed by atoms with Crippen molar-refractivity contribution in [2.75, 3.05) is 32.7 Å². The highest BCUT2D eigenvalue weighted by molar-refractivity contribution is 5.87. The molecule has 0 aliphatic carbocycles. The van der Waals surface area contributed by atoms with Gasteiger partial charge in [0.2, 0.25) is 0 Å². The van der Waals surface area contributed by atoms with Crippen molar-refractivity contribution in [3.63, 3.8) is 0 Å². The van der Waals surface area contributed by atoms with Gasteiger partial charge in [-0.15, -0.1) is 0 Å². The van der Waals surface area contributed by atoms with E-state index in [0.717, 1.165) is 29.0 Å². The first kappa shape index (κ1) is 44.5. The first-order chi connectivity index (χ1) is 25.5. The number of rotatable bonds is 31. The van der Waals surface area contributed by atoms with Crippen molar-refractivity contribution in [2.45, 2.75) is 96.6 Å². The number of nitrogens with one attached hydrogen (secondary N) is 5. The molecule has 10 N–H and O–H groups in total. The van der Waals surface area contributed by atoms with Crippen LogP contribution in [0.3, 0.4) is 0 Å². The molecule has 0 saturated carbocycles. The van der Waals surface area contributed by atoms with Crippen LogP contribution >= 0.6 is 0 Å². The predicted molar refractivity (Wildman–Crippen MR) is 206 cm³/mol. The first-order valence-electron chi connectivity index (χ1n) is 18.8. The fourth-order valence-electron chi connectivity index (χ4n) is 5.41. The lowest BCUT2D eigenvalue weighted by atomic mass is 9.94. The number of benzene rings is 1. The molecule has 0 heterocycles. The highest BCUT2D eigenvalue weighted by Gasteiger charge is 2.25. The van der Waals surface area contributed by atoms with Crippen molar-refractivity contribution in [1.82, 2.24) is 26.6 Å². The molecular weight excluding hydrogens is 680 g/mol. The number of aliphatic carboxylic acids is 3. The third kappa shape index (κ3) is 20.2. The molecule has 0 aromatic heterocycles. The Labute approximate surface area is 315 Å². The average Bonchev–Trinajstić information content (AvgIpc) is 3.10. The maximum Gasteiger partial charge on any atom is 0.326 e. The zero-order valence-electron chi connectivity index (χ0n) is 32.6. The van der Waals surface area contributed by atoms with Crippen LogP contribution in [0.5, 0.6) is 0 Å². The normalized spacial score (nSPS) is 13.5. The van der Waals surface area contributed by atoms with E-state index in [2.05, 4.69) is 78.0 Å². The Morgan fingerprint density at radius 3 is 2.04 bits per heavy atom. The Kier molecular flexibility index (Phi) is 21.2. The molecule has 296 valence electrons. The van der Waals surface area contributed by atoms with E-state index in [1.807, 2.05) is 19.1 Å².